The number of hydrogen-bond acceptors (Lipinski definition) is 4. The molecule has 0 atom stereocenters. The maximum atomic E-state index is 12.9. The van der Waals surface area contributed by atoms with Crippen molar-refractivity contribution in [2.75, 3.05) is 39.3 Å². The molecule has 162 valence electrons. The smallest absolute Gasteiger partial charge is 0.253 e. The summed E-state index contributed by atoms with van der Waals surface area (Å²) in [6, 6.07) is 14.4. The molecule has 6 nitrogen and oxygen atoms in total. The number of halogens is 1. The van der Waals surface area contributed by atoms with Gasteiger partial charge < -0.3 is 4.90 Å². The third-order valence-electron chi connectivity index (χ3n) is 5.48. The van der Waals surface area contributed by atoms with E-state index in [-0.39, 0.29) is 10.8 Å². The molecule has 0 saturated carbocycles. The Balaban J connectivity index is 1.60. The zero-order valence-electron chi connectivity index (χ0n) is 17.4. The lowest BCUT2D eigenvalue weighted by Crippen LogP contribution is -2.50. The summed E-state index contributed by atoms with van der Waals surface area (Å²) in [7, 11) is -3.54. The molecular formula is C22H28BrN3O3S. The van der Waals surface area contributed by atoms with Gasteiger partial charge in [-0.2, -0.15) is 4.31 Å². The zero-order valence-corrected chi connectivity index (χ0v) is 19.8. The largest absolute Gasteiger partial charge is 0.336 e. The molecule has 30 heavy (non-hydrogen) atoms. The van der Waals surface area contributed by atoms with Gasteiger partial charge in [0.2, 0.25) is 10.0 Å². The Kier molecular flexibility index (Phi) is 7.68. The Bertz CT molecular complexity index is 950. The molecule has 0 unspecified atom stereocenters. The van der Waals surface area contributed by atoms with Crippen molar-refractivity contribution in [3.8, 4) is 0 Å². The lowest BCUT2D eigenvalue weighted by Gasteiger charge is -2.34. The van der Waals surface area contributed by atoms with Gasteiger partial charge in [0.05, 0.1) is 4.90 Å². The second-order valence-corrected chi connectivity index (χ2v) is 10.2. The van der Waals surface area contributed by atoms with Crippen molar-refractivity contribution in [1.29, 1.82) is 0 Å². The monoisotopic (exact) mass is 493 g/mol. The van der Waals surface area contributed by atoms with E-state index in [9.17, 15) is 13.2 Å². The van der Waals surface area contributed by atoms with Gasteiger partial charge in [0.15, 0.2) is 0 Å². The third kappa shape index (κ3) is 5.29. The number of piperazine rings is 1. The average Bonchev–Trinajstić information content (AvgIpc) is 2.78. The second-order valence-electron chi connectivity index (χ2n) is 7.31. The van der Waals surface area contributed by atoms with E-state index in [0.717, 1.165) is 24.1 Å². The molecule has 2 aromatic carbocycles. The minimum Gasteiger partial charge on any atom is -0.336 e. The lowest BCUT2D eigenvalue weighted by molar-refractivity contribution is 0.0698. The molecule has 0 radical (unpaired) electrons. The van der Waals surface area contributed by atoms with E-state index in [4.69, 9.17) is 0 Å². The SMILES string of the molecule is CCN(CC)Cc1ccc(C(=O)N2CCN(S(=O)(=O)c3ccc(Br)cc3)CC2)cc1. The Labute approximate surface area is 187 Å². The molecular weight excluding hydrogens is 466 g/mol. The first kappa shape index (κ1) is 22.9. The molecule has 1 saturated heterocycles. The van der Waals surface area contributed by atoms with Crippen molar-refractivity contribution in [3.05, 3.63) is 64.1 Å². The summed E-state index contributed by atoms with van der Waals surface area (Å²) in [6.07, 6.45) is 0. The lowest BCUT2D eigenvalue weighted by atomic mass is 10.1. The van der Waals surface area contributed by atoms with E-state index in [2.05, 4.69) is 34.7 Å². The van der Waals surface area contributed by atoms with E-state index in [0.29, 0.717) is 31.7 Å². The molecule has 1 aliphatic rings. The van der Waals surface area contributed by atoms with Gasteiger partial charge in [0, 0.05) is 42.8 Å². The second kappa shape index (κ2) is 10.0. The van der Waals surface area contributed by atoms with Crippen molar-refractivity contribution >= 4 is 31.9 Å². The highest BCUT2D eigenvalue weighted by atomic mass is 79.9. The van der Waals surface area contributed by atoms with Gasteiger partial charge in [0.1, 0.15) is 0 Å². The van der Waals surface area contributed by atoms with Gasteiger partial charge >= 0.3 is 0 Å². The van der Waals surface area contributed by atoms with Gasteiger partial charge in [-0.1, -0.05) is 41.9 Å². The van der Waals surface area contributed by atoms with Crippen LogP contribution in [0.1, 0.15) is 29.8 Å². The standard InChI is InChI=1S/C22H28BrN3O3S/c1-3-24(4-2)17-18-5-7-19(8-6-18)22(27)25-13-15-26(16-14-25)30(28,29)21-11-9-20(23)10-12-21/h5-12H,3-4,13-17H2,1-2H3. The van der Waals surface area contributed by atoms with E-state index in [1.54, 1.807) is 29.2 Å². The van der Waals surface area contributed by atoms with Crippen LogP contribution in [-0.2, 0) is 16.6 Å². The van der Waals surface area contributed by atoms with E-state index in [1.807, 2.05) is 24.3 Å². The van der Waals surface area contributed by atoms with Crippen LogP contribution in [0.4, 0.5) is 0 Å². The van der Waals surface area contributed by atoms with Gasteiger partial charge in [0.25, 0.3) is 5.91 Å². The highest BCUT2D eigenvalue weighted by molar-refractivity contribution is 9.10. The van der Waals surface area contributed by atoms with Crippen molar-refractivity contribution in [2.45, 2.75) is 25.3 Å². The van der Waals surface area contributed by atoms with Crippen LogP contribution in [0.15, 0.2) is 57.9 Å². The topological polar surface area (TPSA) is 60.9 Å². The minimum absolute atomic E-state index is 0.0509. The molecule has 1 fully saturated rings. The van der Waals surface area contributed by atoms with Crippen molar-refractivity contribution < 1.29 is 13.2 Å². The maximum absolute atomic E-state index is 12.9. The molecule has 0 spiro atoms. The number of carbonyl (C=O) groups excluding carboxylic acids is 1. The predicted molar refractivity (Wildman–Crippen MR) is 122 cm³/mol. The van der Waals surface area contributed by atoms with Gasteiger partial charge in [-0.3, -0.25) is 9.69 Å². The molecule has 2 aromatic rings. The molecule has 3 rings (SSSR count). The van der Waals surface area contributed by atoms with E-state index < -0.39 is 10.0 Å². The van der Waals surface area contributed by atoms with E-state index in [1.165, 1.54) is 9.87 Å². The molecule has 1 amide bonds. The predicted octanol–water partition coefficient (Wildman–Crippen LogP) is 3.44. The van der Waals surface area contributed by atoms with Crippen molar-refractivity contribution in [1.82, 2.24) is 14.1 Å². The normalized spacial score (nSPS) is 15.5. The van der Waals surface area contributed by atoms with Crippen LogP contribution in [0.3, 0.4) is 0 Å². The molecule has 0 bridgehead atoms. The molecule has 8 heteroatoms. The fraction of sp³-hybridized carbons (Fsp3) is 0.409. The molecule has 1 aliphatic heterocycles. The number of sulfonamides is 1. The van der Waals surface area contributed by atoms with Gasteiger partial charge in [-0.05, 0) is 55.1 Å². The van der Waals surface area contributed by atoms with E-state index >= 15 is 0 Å². The van der Waals surface area contributed by atoms with Crippen molar-refractivity contribution in [2.24, 2.45) is 0 Å². The maximum Gasteiger partial charge on any atom is 0.253 e. The highest BCUT2D eigenvalue weighted by Gasteiger charge is 2.30. The fourth-order valence-electron chi connectivity index (χ4n) is 3.53. The van der Waals surface area contributed by atoms with Crippen LogP contribution in [0.25, 0.3) is 0 Å². The number of rotatable bonds is 7. The number of nitrogens with zero attached hydrogens (tertiary/aromatic N) is 3. The summed E-state index contributed by atoms with van der Waals surface area (Å²) in [5, 5.41) is 0. The minimum atomic E-state index is -3.54. The summed E-state index contributed by atoms with van der Waals surface area (Å²) in [6.45, 7) is 8.49. The summed E-state index contributed by atoms with van der Waals surface area (Å²) in [5.41, 5.74) is 1.82. The number of amides is 1. The number of benzene rings is 2. The molecule has 0 N–H and O–H groups in total. The summed E-state index contributed by atoms with van der Waals surface area (Å²) in [4.78, 5) is 17.2. The number of hydrogen-bond donors (Lipinski definition) is 0. The fourth-order valence-corrected chi connectivity index (χ4v) is 5.21. The van der Waals surface area contributed by atoms with Crippen LogP contribution in [-0.4, -0.2) is 67.7 Å². The first-order chi connectivity index (χ1) is 14.3. The Morgan fingerprint density at radius 1 is 0.933 bits per heavy atom. The molecule has 1 heterocycles. The van der Waals surface area contributed by atoms with Crippen LogP contribution in [0, 0.1) is 0 Å². The Morgan fingerprint density at radius 2 is 1.50 bits per heavy atom. The Morgan fingerprint density at radius 3 is 2.03 bits per heavy atom. The molecule has 0 aromatic heterocycles. The highest BCUT2D eigenvalue weighted by Crippen LogP contribution is 2.21. The third-order valence-corrected chi connectivity index (χ3v) is 7.92. The van der Waals surface area contributed by atoms with Gasteiger partial charge in [-0.25, -0.2) is 8.42 Å². The van der Waals surface area contributed by atoms with Crippen LogP contribution < -0.4 is 0 Å². The van der Waals surface area contributed by atoms with Crippen LogP contribution in [0.2, 0.25) is 0 Å². The van der Waals surface area contributed by atoms with Gasteiger partial charge in [-0.15, -0.1) is 0 Å². The van der Waals surface area contributed by atoms with Crippen LogP contribution in [0.5, 0.6) is 0 Å². The quantitative estimate of drug-likeness (QED) is 0.592. The van der Waals surface area contributed by atoms with Crippen LogP contribution >= 0.6 is 15.9 Å². The molecule has 0 aliphatic carbocycles. The van der Waals surface area contributed by atoms with Crippen molar-refractivity contribution in [3.63, 3.8) is 0 Å². The first-order valence-corrected chi connectivity index (χ1v) is 12.4. The Hall–Kier alpha value is -1.74. The first-order valence-electron chi connectivity index (χ1n) is 10.2. The summed E-state index contributed by atoms with van der Waals surface area (Å²) in [5.74, 6) is -0.0509. The average molecular weight is 494 g/mol. The summed E-state index contributed by atoms with van der Waals surface area (Å²) >= 11 is 3.32. The number of carbonyl (C=O) groups is 1. The summed E-state index contributed by atoms with van der Waals surface area (Å²) < 4.78 is 27.9. The zero-order chi connectivity index (χ0) is 21.7.